The van der Waals surface area contributed by atoms with Gasteiger partial charge in [-0.25, -0.2) is 0 Å². The summed E-state index contributed by atoms with van der Waals surface area (Å²) in [5.41, 5.74) is 0. The van der Waals surface area contributed by atoms with E-state index < -0.39 is 0 Å². The first-order valence-corrected chi connectivity index (χ1v) is 6.07. The molecule has 0 aliphatic carbocycles. The van der Waals surface area contributed by atoms with Crippen LogP contribution in [0.1, 0.15) is 6.92 Å². The third kappa shape index (κ3) is 9.68. The van der Waals surface area contributed by atoms with Crippen LogP contribution in [-0.4, -0.2) is 25.9 Å². The molecule has 0 radical (unpaired) electrons. The molecule has 0 saturated heterocycles. The molecule has 2 aromatic rings. The quantitative estimate of drug-likeness (QED) is 0.901. The van der Waals surface area contributed by atoms with E-state index in [4.69, 9.17) is 14.6 Å². The van der Waals surface area contributed by atoms with E-state index in [1.54, 1.807) is 21.1 Å². The first-order valence-electron chi connectivity index (χ1n) is 6.07. The Labute approximate surface area is 115 Å². The zero-order valence-electron chi connectivity index (χ0n) is 11.7. The van der Waals surface area contributed by atoms with Crippen LogP contribution in [-0.2, 0) is 0 Å². The summed E-state index contributed by atoms with van der Waals surface area (Å²) in [5.74, 6) is 1.82. The van der Waals surface area contributed by atoms with Gasteiger partial charge in [0, 0.05) is 6.61 Å². The molecule has 0 aliphatic rings. The van der Waals surface area contributed by atoms with Gasteiger partial charge in [-0.1, -0.05) is 36.4 Å². The van der Waals surface area contributed by atoms with E-state index in [9.17, 15) is 0 Å². The third-order valence-electron chi connectivity index (χ3n) is 1.96. The molecule has 0 aliphatic heterocycles. The average molecular weight is 262 g/mol. The smallest absolute Gasteiger partial charge is 0.118 e. The molecule has 0 bridgehead atoms. The Bertz CT molecular complexity index is 348. The van der Waals surface area contributed by atoms with Gasteiger partial charge in [0.05, 0.1) is 14.2 Å². The van der Waals surface area contributed by atoms with Crippen LogP contribution in [0.15, 0.2) is 60.7 Å². The SMILES string of the molecule is CCO.COc1ccccc1.COc1ccccc1. The number of hydrogen-bond acceptors (Lipinski definition) is 3. The molecular weight excluding hydrogens is 240 g/mol. The average Bonchev–Trinajstić information content (AvgIpc) is 2.50. The second-order valence-electron chi connectivity index (χ2n) is 3.35. The Balaban J connectivity index is 0.000000284. The van der Waals surface area contributed by atoms with Gasteiger partial charge < -0.3 is 14.6 Å². The molecule has 1 N–H and O–H groups in total. The maximum atomic E-state index is 7.57. The first-order chi connectivity index (χ1) is 9.28. The van der Waals surface area contributed by atoms with Crippen LogP contribution >= 0.6 is 0 Å². The van der Waals surface area contributed by atoms with Crippen LogP contribution < -0.4 is 9.47 Å². The van der Waals surface area contributed by atoms with Crippen molar-refractivity contribution in [1.29, 1.82) is 0 Å². The van der Waals surface area contributed by atoms with Crippen molar-refractivity contribution in [3.05, 3.63) is 60.7 Å². The summed E-state index contributed by atoms with van der Waals surface area (Å²) >= 11 is 0. The maximum absolute atomic E-state index is 7.57. The highest BCUT2D eigenvalue weighted by Crippen LogP contribution is 2.06. The molecule has 0 unspecified atom stereocenters. The number of benzene rings is 2. The summed E-state index contributed by atoms with van der Waals surface area (Å²) in [4.78, 5) is 0. The van der Waals surface area contributed by atoms with Crippen molar-refractivity contribution in [2.75, 3.05) is 20.8 Å². The minimum Gasteiger partial charge on any atom is -0.497 e. The van der Waals surface area contributed by atoms with E-state index in [0.717, 1.165) is 11.5 Å². The van der Waals surface area contributed by atoms with Crippen LogP contribution in [0.2, 0.25) is 0 Å². The van der Waals surface area contributed by atoms with E-state index in [1.165, 1.54) is 0 Å². The molecule has 104 valence electrons. The van der Waals surface area contributed by atoms with Gasteiger partial charge in [-0.15, -0.1) is 0 Å². The van der Waals surface area contributed by atoms with E-state index in [0.29, 0.717) is 0 Å². The fourth-order valence-electron chi connectivity index (χ4n) is 1.11. The lowest BCUT2D eigenvalue weighted by Gasteiger charge is -1.93. The lowest BCUT2D eigenvalue weighted by atomic mass is 10.3. The van der Waals surface area contributed by atoms with E-state index in [1.807, 2.05) is 60.7 Å². The highest BCUT2D eigenvalue weighted by molar-refractivity contribution is 5.21. The van der Waals surface area contributed by atoms with Crippen LogP contribution in [0.4, 0.5) is 0 Å². The molecule has 0 spiro atoms. The molecule has 0 amide bonds. The van der Waals surface area contributed by atoms with Crippen molar-refractivity contribution in [2.45, 2.75) is 6.92 Å². The fourth-order valence-corrected chi connectivity index (χ4v) is 1.11. The zero-order chi connectivity index (χ0) is 14.3. The summed E-state index contributed by atoms with van der Waals surface area (Å²) in [6.07, 6.45) is 0. The van der Waals surface area contributed by atoms with Crippen molar-refractivity contribution >= 4 is 0 Å². The number of methoxy groups -OCH3 is 2. The maximum Gasteiger partial charge on any atom is 0.118 e. The molecule has 3 heteroatoms. The van der Waals surface area contributed by atoms with Gasteiger partial charge in [-0.2, -0.15) is 0 Å². The predicted molar refractivity (Wildman–Crippen MR) is 78.7 cm³/mol. The van der Waals surface area contributed by atoms with Crippen LogP contribution in [0.3, 0.4) is 0 Å². The van der Waals surface area contributed by atoms with Crippen LogP contribution in [0.25, 0.3) is 0 Å². The molecule has 0 heterocycles. The van der Waals surface area contributed by atoms with Gasteiger partial charge in [0.15, 0.2) is 0 Å². The number of aliphatic hydroxyl groups excluding tert-OH is 1. The highest BCUT2D eigenvalue weighted by atomic mass is 16.5. The monoisotopic (exact) mass is 262 g/mol. The predicted octanol–water partition coefficient (Wildman–Crippen LogP) is 3.39. The van der Waals surface area contributed by atoms with E-state index in [2.05, 4.69) is 0 Å². The minimum absolute atomic E-state index is 0.250. The molecule has 19 heavy (non-hydrogen) atoms. The van der Waals surface area contributed by atoms with Crippen LogP contribution in [0, 0.1) is 0 Å². The minimum atomic E-state index is 0.250. The fraction of sp³-hybridized carbons (Fsp3) is 0.250. The number of para-hydroxylation sites is 2. The summed E-state index contributed by atoms with van der Waals surface area (Å²) in [7, 11) is 3.32. The van der Waals surface area contributed by atoms with E-state index >= 15 is 0 Å². The molecular formula is C16H22O3. The zero-order valence-corrected chi connectivity index (χ0v) is 11.7. The molecule has 2 rings (SSSR count). The number of aliphatic hydroxyl groups is 1. The molecule has 0 fully saturated rings. The third-order valence-corrected chi connectivity index (χ3v) is 1.96. The van der Waals surface area contributed by atoms with Crippen molar-refractivity contribution in [2.24, 2.45) is 0 Å². The molecule has 0 atom stereocenters. The Kier molecular flexibility index (Phi) is 11.1. The lowest BCUT2D eigenvalue weighted by molar-refractivity contribution is 0.318. The second kappa shape index (κ2) is 12.5. The molecule has 2 aromatic carbocycles. The number of rotatable bonds is 2. The van der Waals surface area contributed by atoms with Gasteiger partial charge >= 0.3 is 0 Å². The Morgan fingerprint density at radius 1 is 0.737 bits per heavy atom. The largest absolute Gasteiger partial charge is 0.497 e. The summed E-state index contributed by atoms with van der Waals surface area (Å²) < 4.78 is 9.83. The normalized spacial score (nSPS) is 8.21. The molecule has 0 aromatic heterocycles. The van der Waals surface area contributed by atoms with Crippen molar-refractivity contribution in [3.63, 3.8) is 0 Å². The van der Waals surface area contributed by atoms with Gasteiger partial charge in [0.25, 0.3) is 0 Å². The van der Waals surface area contributed by atoms with Gasteiger partial charge in [-0.05, 0) is 31.2 Å². The van der Waals surface area contributed by atoms with Gasteiger partial charge in [0.1, 0.15) is 11.5 Å². The van der Waals surface area contributed by atoms with Crippen molar-refractivity contribution in [3.8, 4) is 11.5 Å². The summed E-state index contributed by atoms with van der Waals surface area (Å²) in [6, 6.07) is 19.4. The molecule has 0 saturated carbocycles. The summed E-state index contributed by atoms with van der Waals surface area (Å²) in [5, 5.41) is 7.57. The Morgan fingerprint density at radius 2 is 1.00 bits per heavy atom. The second-order valence-corrected chi connectivity index (χ2v) is 3.35. The number of hydrogen-bond donors (Lipinski definition) is 1. The standard InChI is InChI=1S/2C7H8O.C2H6O/c2*1-8-7-5-3-2-4-6-7;1-2-3/h2*2-6H,1H3;3H,2H2,1H3. The van der Waals surface area contributed by atoms with Gasteiger partial charge in [0.2, 0.25) is 0 Å². The summed E-state index contributed by atoms with van der Waals surface area (Å²) in [6.45, 7) is 1.93. The van der Waals surface area contributed by atoms with Gasteiger partial charge in [-0.3, -0.25) is 0 Å². The number of ether oxygens (including phenoxy) is 2. The van der Waals surface area contributed by atoms with Crippen LogP contribution in [0.5, 0.6) is 11.5 Å². The first kappa shape index (κ1) is 17.0. The van der Waals surface area contributed by atoms with E-state index in [-0.39, 0.29) is 6.61 Å². The lowest BCUT2D eigenvalue weighted by Crippen LogP contribution is -1.78. The Hall–Kier alpha value is -2.00. The highest BCUT2D eigenvalue weighted by Gasteiger charge is 1.80. The topological polar surface area (TPSA) is 38.7 Å². The Morgan fingerprint density at radius 3 is 1.16 bits per heavy atom. The molecule has 3 nitrogen and oxygen atoms in total. The van der Waals surface area contributed by atoms with Crippen molar-refractivity contribution in [1.82, 2.24) is 0 Å². The van der Waals surface area contributed by atoms with Crippen molar-refractivity contribution < 1.29 is 14.6 Å².